The molecule has 0 unspecified atom stereocenters. The highest BCUT2D eigenvalue weighted by atomic mass is 16.2. The van der Waals surface area contributed by atoms with Crippen LogP contribution < -0.4 is 5.32 Å². The second kappa shape index (κ2) is 8.73. The van der Waals surface area contributed by atoms with Crippen LogP contribution in [0.3, 0.4) is 0 Å². The zero-order chi connectivity index (χ0) is 20.1. The monoisotopic (exact) mass is 388 g/mol. The van der Waals surface area contributed by atoms with Crippen LogP contribution in [0.2, 0.25) is 0 Å². The molecule has 1 aromatic heterocycles. The second-order valence-electron chi connectivity index (χ2n) is 7.20. The van der Waals surface area contributed by atoms with Crippen LogP contribution >= 0.6 is 0 Å². The van der Waals surface area contributed by atoms with E-state index in [0.717, 1.165) is 41.5 Å². The molecule has 148 valence electrons. The van der Waals surface area contributed by atoms with Crippen molar-refractivity contribution >= 4 is 34.9 Å². The van der Waals surface area contributed by atoms with Crippen LogP contribution in [0.25, 0.3) is 23.1 Å². The van der Waals surface area contributed by atoms with Crippen LogP contribution in [0, 0.1) is 0 Å². The average Bonchev–Trinajstić information content (AvgIpc) is 3.36. The van der Waals surface area contributed by atoms with Gasteiger partial charge in [0.1, 0.15) is 0 Å². The Morgan fingerprint density at radius 1 is 1.14 bits per heavy atom. The Morgan fingerprint density at radius 2 is 1.97 bits per heavy atom. The fourth-order valence-corrected chi connectivity index (χ4v) is 3.55. The summed E-state index contributed by atoms with van der Waals surface area (Å²) in [4.78, 5) is 25.7. The van der Waals surface area contributed by atoms with Crippen molar-refractivity contribution in [2.45, 2.75) is 19.3 Å². The molecule has 0 radical (unpaired) electrons. The molecule has 6 heteroatoms. The van der Waals surface area contributed by atoms with Gasteiger partial charge in [0, 0.05) is 37.0 Å². The molecule has 4 rings (SSSR count). The number of carbonyl (C=O) groups excluding carboxylic acids is 2. The molecule has 0 saturated carbocycles. The number of aromatic amines is 1. The summed E-state index contributed by atoms with van der Waals surface area (Å²) in [6.45, 7) is 2.12. The van der Waals surface area contributed by atoms with Gasteiger partial charge in [0.15, 0.2) is 0 Å². The molecule has 2 N–H and O–H groups in total. The summed E-state index contributed by atoms with van der Waals surface area (Å²) >= 11 is 0. The van der Waals surface area contributed by atoms with Gasteiger partial charge >= 0.3 is 0 Å². The molecule has 29 heavy (non-hydrogen) atoms. The van der Waals surface area contributed by atoms with E-state index in [1.807, 2.05) is 65.6 Å². The Morgan fingerprint density at radius 3 is 2.76 bits per heavy atom. The molecule has 6 nitrogen and oxygen atoms in total. The van der Waals surface area contributed by atoms with Gasteiger partial charge in [0.2, 0.25) is 5.91 Å². The Bertz CT molecular complexity index is 1040. The van der Waals surface area contributed by atoms with E-state index in [-0.39, 0.29) is 11.8 Å². The first-order chi connectivity index (χ1) is 14.2. The number of likely N-dealkylation sites (tertiary alicyclic amines) is 1. The summed E-state index contributed by atoms with van der Waals surface area (Å²) in [6.07, 6.45) is 6.33. The van der Waals surface area contributed by atoms with Gasteiger partial charge < -0.3 is 10.2 Å². The standard InChI is InChI=1S/C23H24N4O2/c28-22-7-3-15-27(22)16-4-14-24-23(29)18-11-8-17(9-12-18)10-13-21-19-5-1-2-6-20(19)25-26-21/h1-2,5-6,8-13H,3-4,7,14-16H2,(H,24,29)(H,25,26)/b13-10+. The van der Waals surface area contributed by atoms with E-state index in [1.165, 1.54) is 0 Å². The summed E-state index contributed by atoms with van der Waals surface area (Å²) in [5, 5.41) is 11.3. The lowest BCUT2D eigenvalue weighted by molar-refractivity contribution is -0.127. The smallest absolute Gasteiger partial charge is 0.251 e. The number of H-pyrrole nitrogens is 1. The number of nitrogens with zero attached hydrogens (tertiary/aromatic N) is 2. The Kier molecular flexibility index (Phi) is 5.70. The maximum atomic E-state index is 12.3. The van der Waals surface area contributed by atoms with E-state index < -0.39 is 0 Å². The van der Waals surface area contributed by atoms with Crippen molar-refractivity contribution < 1.29 is 9.59 Å². The average molecular weight is 388 g/mol. The van der Waals surface area contributed by atoms with Crippen molar-refractivity contribution in [1.29, 1.82) is 0 Å². The number of benzene rings is 2. The summed E-state index contributed by atoms with van der Waals surface area (Å²) < 4.78 is 0. The summed E-state index contributed by atoms with van der Waals surface area (Å²) in [7, 11) is 0. The molecule has 0 spiro atoms. The van der Waals surface area contributed by atoms with Crippen LogP contribution in [0.4, 0.5) is 0 Å². The number of aromatic nitrogens is 2. The molecule has 0 bridgehead atoms. The van der Waals surface area contributed by atoms with Gasteiger partial charge in [0.05, 0.1) is 11.2 Å². The first-order valence-electron chi connectivity index (χ1n) is 9.98. The van der Waals surface area contributed by atoms with E-state index in [2.05, 4.69) is 15.5 Å². The van der Waals surface area contributed by atoms with Crippen molar-refractivity contribution in [3.8, 4) is 0 Å². The topological polar surface area (TPSA) is 78.1 Å². The van der Waals surface area contributed by atoms with E-state index in [9.17, 15) is 9.59 Å². The van der Waals surface area contributed by atoms with Crippen LogP contribution in [0.5, 0.6) is 0 Å². The number of nitrogens with one attached hydrogen (secondary N) is 2. The third-order valence-electron chi connectivity index (χ3n) is 5.17. The van der Waals surface area contributed by atoms with Crippen LogP contribution in [-0.2, 0) is 4.79 Å². The molecule has 3 aromatic rings. The number of amides is 2. The zero-order valence-corrected chi connectivity index (χ0v) is 16.2. The van der Waals surface area contributed by atoms with Crippen molar-refractivity contribution in [2.75, 3.05) is 19.6 Å². The molecule has 2 aromatic carbocycles. The first-order valence-corrected chi connectivity index (χ1v) is 9.98. The molecule has 1 fully saturated rings. The van der Waals surface area contributed by atoms with Gasteiger partial charge in [-0.05, 0) is 42.7 Å². The lowest BCUT2D eigenvalue weighted by Crippen LogP contribution is -2.30. The molecule has 2 amide bonds. The largest absolute Gasteiger partial charge is 0.352 e. The van der Waals surface area contributed by atoms with Crippen molar-refractivity contribution in [3.05, 3.63) is 65.4 Å². The summed E-state index contributed by atoms with van der Waals surface area (Å²) in [6, 6.07) is 15.5. The molecule has 0 aliphatic carbocycles. The van der Waals surface area contributed by atoms with E-state index >= 15 is 0 Å². The van der Waals surface area contributed by atoms with Crippen LogP contribution in [-0.4, -0.2) is 46.5 Å². The zero-order valence-electron chi connectivity index (χ0n) is 16.2. The fourth-order valence-electron chi connectivity index (χ4n) is 3.55. The SMILES string of the molecule is O=C(NCCCN1CCCC1=O)c1ccc(/C=C/c2n[nH]c3ccccc23)cc1. The van der Waals surface area contributed by atoms with E-state index in [1.54, 1.807) is 0 Å². The number of carbonyl (C=O) groups is 2. The number of hydrogen-bond acceptors (Lipinski definition) is 3. The quantitative estimate of drug-likeness (QED) is 0.608. The third-order valence-corrected chi connectivity index (χ3v) is 5.17. The van der Waals surface area contributed by atoms with E-state index in [0.29, 0.717) is 25.1 Å². The maximum Gasteiger partial charge on any atom is 0.251 e. The van der Waals surface area contributed by atoms with Gasteiger partial charge in [-0.2, -0.15) is 5.10 Å². The van der Waals surface area contributed by atoms with Crippen LogP contribution in [0.15, 0.2) is 48.5 Å². The van der Waals surface area contributed by atoms with E-state index in [4.69, 9.17) is 0 Å². The summed E-state index contributed by atoms with van der Waals surface area (Å²) in [5.74, 6) is 0.134. The predicted octanol–water partition coefficient (Wildman–Crippen LogP) is 3.48. The Balaban J connectivity index is 1.29. The molecule has 0 atom stereocenters. The molecular weight excluding hydrogens is 364 g/mol. The highest BCUT2D eigenvalue weighted by Crippen LogP contribution is 2.17. The van der Waals surface area contributed by atoms with Gasteiger partial charge in [0.25, 0.3) is 5.91 Å². The molecule has 2 heterocycles. The maximum absolute atomic E-state index is 12.3. The Labute approximate surface area is 169 Å². The minimum absolute atomic E-state index is 0.0911. The molecule has 1 saturated heterocycles. The van der Waals surface area contributed by atoms with Gasteiger partial charge in [-0.1, -0.05) is 36.4 Å². The number of rotatable bonds is 7. The fraction of sp³-hybridized carbons (Fsp3) is 0.261. The second-order valence-corrected chi connectivity index (χ2v) is 7.20. The molecule has 1 aliphatic heterocycles. The summed E-state index contributed by atoms with van der Waals surface area (Å²) in [5.41, 5.74) is 3.53. The first kappa shape index (κ1) is 18.9. The lowest BCUT2D eigenvalue weighted by atomic mass is 10.1. The molecule has 1 aliphatic rings. The number of para-hydroxylation sites is 1. The highest BCUT2D eigenvalue weighted by molar-refractivity contribution is 5.94. The normalized spacial score (nSPS) is 14.2. The van der Waals surface area contributed by atoms with Crippen molar-refractivity contribution in [3.63, 3.8) is 0 Å². The Hall–Kier alpha value is -3.41. The molecular formula is C23H24N4O2. The van der Waals surface area contributed by atoms with Crippen molar-refractivity contribution in [2.24, 2.45) is 0 Å². The van der Waals surface area contributed by atoms with Gasteiger partial charge in [-0.15, -0.1) is 0 Å². The minimum Gasteiger partial charge on any atom is -0.352 e. The van der Waals surface area contributed by atoms with Crippen LogP contribution in [0.1, 0.15) is 40.9 Å². The van der Waals surface area contributed by atoms with Gasteiger partial charge in [-0.25, -0.2) is 0 Å². The van der Waals surface area contributed by atoms with Gasteiger partial charge in [-0.3, -0.25) is 14.7 Å². The number of hydrogen-bond donors (Lipinski definition) is 2. The lowest BCUT2D eigenvalue weighted by Gasteiger charge is -2.15. The highest BCUT2D eigenvalue weighted by Gasteiger charge is 2.19. The minimum atomic E-state index is -0.0911. The third kappa shape index (κ3) is 4.54. The van der Waals surface area contributed by atoms with Crippen molar-refractivity contribution in [1.82, 2.24) is 20.4 Å². The number of fused-ring (bicyclic) bond motifs is 1. The predicted molar refractivity (Wildman–Crippen MR) is 114 cm³/mol.